The molecule has 2 aromatic carbocycles. The Morgan fingerprint density at radius 3 is 2.68 bits per heavy atom. The van der Waals surface area contributed by atoms with E-state index in [0.29, 0.717) is 6.04 Å². The fourth-order valence-electron chi connectivity index (χ4n) is 3.11. The number of halogens is 1. The molecule has 0 N–H and O–H groups in total. The highest BCUT2D eigenvalue weighted by molar-refractivity contribution is 6.30. The lowest BCUT2D eigenvalue weighted by atomic mass is 10.0. The standard InChI is InChI=1S/C19H15ClN2/c20-16-7-5-14(6-8-16)11-18-17-4-2-1-3-15(17)12-19(18)22-10-9-21-13-22/h1-11,13,19H,12H2. The van der Waals surface area contributed by atoms with Crippen LogP contribution in [0.2, 0.25) is 5.02 Å². The number of nitrogens with zero attached hydrogens (tertiary/aromatic N) is 2. The van der Waals surface area contributed by atoms with Crippen LogP contribution in [0, 0.1) is 0 Å². The van der Waals surface area contributed by atoms with E-state index in [-0.39, 0.29) is 0 Å². The second kappa shape index (κ2) is 5.47. The number of aromatic nitrogens is 2. The molecular formula is C19H15ClN2. The molecular weight excluding hydrogens is 292 g/mol. The Bertz CT molecular complexity index is 817. The van der Waals surface area contributed by atoms with E-state index in [2.05, 4.69) is 52.0 Å². The summed E-state index contributed by atoms with van der Waals surface area (Å²) in [6.45, 7) is 0. The predicted octanol–water partition coefficient (Wildman–Crippen LogP) is 4.87. The van der Waals surface area contributed by atoms with Crippen LogP contribution in [0.5, 0.6) is 0 Å². The summed E-state index contributed by atoms with van der Waals surface area (Å²) in [4.78, 5) is 4.20. The van der Waals surface area contributed by atoms with Gasteiger partial charge in [-0.3, -0.25) is 0 Å². The molecule has 1 atom stereocenters. The van der Waals surface area contributed by atoms with Crippen LogP contribution < -0.4 is 0 Å². The Morgan fingerprint density at radius 2 is 1.91 bits per heavy atom. The molecule has 0 spiro atoms. The molecule has 0 radical (unpaired) electrons. The van der Waals surface area contributed by atoms with Crippen molar-refractivity contribution in [1.82, 2.24) is 9.55 Å². The molecule has 3 aromatic rings. The maximum Gasteiger partial charge on any atom is 0.0951 e. The summed E-state index contributed by atoms with van der Waals surface area (Å²) in [5.74, 6) is 0. The van der Waals surface area contributed by atoms with Crippen molar-refractivity contribution < 1.29 is 0 Å². The molecule has 1 unspecified atom stereocenters. The Labute approximate surface area is 134 Å². The van der Waals surface area contributed by atoms with Gasteiger partial charge in [-0.15, -0.1) is 0 Å². The van der Waals surface area contributed by atoms with Crippen LogP contribution in [0.15, 0.2) is 67.3 Å². The minimum Gasteiger partial charge on any atom is -0.330 e. The van der Waals surface area contributed by atoms with Crippen LogP contribution in [0.25, 0.3) is 11.6 Å². The second-order valence-corrected chi connectivity index (χ2v) is 5.97. The minimum absolute atomic E-state index is 0.301. The fraction of sp³-hybridized carbons (Fsp3) is 0.105. The largest absolute Gasteiger partial charge is 0.330 e. The third-order valence-corrected chi connectivity index (χ3v) is 4.43. The number of rotatable bonds is 2. The van der Waals surface area contributed by atoms with E-state index in [4.69, 9.17) is 11.6 Å². The number of benzene rings is 2. The van der Waals surface area contributed by atoms with Crippen molar-refractivity contribution in [2.24, 2.45) is 0 Å². The summed E-state index contributed by atoms with van der Waals surface area (Å²) >= 11 is 5.99. The summed E-state index contributed by atoms with van der Waals surface area (Å²) in [5.41, 5.74) is 5.22. The molecule has 2 nitrogen and oxygen atoms in total. The van der Waals surface area contributed by atoms with Gasteiger partial charge in [-0.2, -0.15) is 0 Å². The van der Waals surface area contributed by atoms with Gasteiger partial charge >= 0.3 is 0 Å². The lowest BCUT2D eigenvalue weighted by molar-refractivity contribution is 0.638. The first-order chi connectivity index (χ1) is 10.8. The van der Waals surface area contributed by atoms with Crippen molar-refractivity contribution in [2.45, 2.75) is 12.5 Å². The van der Waals surface area contributed by atoms with E-state index < -0.39 is 0 Å². The molecule has 0 amide bonds. The Morgan fingerprint density at radius 1 is 1.09 bits per heavy atom. The average Bonchev–Trinajstić information content (AvgIpc) is 3.18. The van der Waals surface area contributed by atoms with Gasteiger partial charge < -0.3 is 4.57 Å². The van der Waals surface area contributed by atoms with Crippen LogP contribution in [0.1, 0.15) is 22.7 Å². The highest BCUT2D eigenvalue weighted by atomic mass is 35.5. The summed E-state index contributed by atoms with van der Waals surface area (Å²) in [6, 6.07) is 16.9. The minimum atomic E-state index is 0.301. The fourth-order valence-corrected chi connectivity index (χ4v) is 3.24. The highest BCUT2D eigenvalue weighted by Crippen LogP contribution is 2.41. The number of hydrogen-bond acceptors (Lipinski definition) is 1. The molecule has 0 fully saturated rings. The Kier molecular flexibility index (Phi) is 3.32. The molecule has 1 aliphatic rings. The smallest absolute Gasteiger partial charge is 0.0951 e. The maximum absolute atomic E-state index is 5.99. The van der Waals surface area contributed by atoms with Crippen LogP contribution in [-0.2, 0) is 6.42 Å². The van der Waals surface area contributed by atoms with Gasteiger partial charge in [0.15, 0.2) is 0 Å². The van der Waals surface area contributed by atoms with Gasteiger partial charge in [-0.25, -0.2) is 4.98 Å². The molecule has 0 saturated heterocycles. The van der Waals surface area contributed by atoms with Crippen LogP contribution in [-0.4, -0.2) is 9.55 Å². The van der Waals surface area contributed by atoms with E-state index >= 15 is 0 Å². The van der Waals surface area contributed by atoms with Crippen LogP contribution >= 0.6 is 11.6 Å². The van der Waals surface area contributed by atoms with Gasteiger partial charge in [0.2, 0.25) is 0 Å². The number of imidazole rings is 1. The van der Waals surface area contributed by atoms with E-state index in [9.17, 15) is 0 Å². The molecule has 4 rings (SSSR count). The summed E-state index contributed by atoms with van der Waals surface area (Å²) in [7, 11) is 0. The number of hydrogen-bond donors (Lipinski definition) is 0. The molecule has 1 aromatic heterocycles. The SMILES string of the molecule is Clc1ccc(C=C2c3ccccc3CC2n2ccnc2)cc1. The Hall–Kier alpha value is -2.32. The van der Waals surface area contributed by atoms with Crippen molar-refractivity contribution in [3.63, 3.8) is 0 Å². The first-order valence-corrected chi connectivity index (χ1v) is 7.72. The van der Waals surface area contributed by atoms with Crippen molar-refractivity contribution in [3.8, 4) is 0 Å². The monoisotopic (exact) mass is 306 g/mol. The summed E-state index contributed by atoms with van der Waals surface area (Å²) in [6.07, 6.45) is 9.03. The molecule has 108 valence electrons. The van der Waals surface area contributed by atoms with Gasteiger partial charge in [-0.05, 0) is 46.9 Å². The lowest BCUT2D eigenvalue weighted by Crippen LogP contribution is -2.05. The molecule has 0 saturated carbocycles. The van der Waals surface area contributed by atoms with Crippen molar-refractivity contribution in [1.29, 1.82) is 0 Å². The zero-order chi connectivity index (χ0) is 14.9. The van der Waals surface area contributed by atoms with Crippen molar-refractivity contribution >= 4 is 23.3 Å². The number of fused-ring (bicyclic) bond motifs is 1. The van der Waals surface area contributed by atoms with Crippen LogP contribution in [0.3, 0.4) is 0 Å². The third-order valence-electron chi connectivity index (χ3n) is 4.18. The molecule has 22 heavy (non-hydrogen) atoms. The van der Waals surface area contributed by atoms with Crippen LogP contribution in [0.4, 0.5) is 0 Å². The Balaban J connectivity index is 1.83. The van der Waals surface area contributed by atoms with Gasteiger partial charge in [0.25, 0.3) is 0 Å². The summed E-state index contributed by atoms with van der Waals surface area (Å²) < 4.78 is 2.18. The van der Waals surface area contributed by atoms with E-state index in [1.807, 2.05) is 30.9 Å². The molecule has 0 aliphatic heterocycles. The van der Waals surface area contributed by atoms with E-state index in [1.165, 1.54) is 22.3 Å². The number of allylic oxidation sites excluding steroid dienone is 1. The topological polar surface area (TPSA) is 17.8 Å². The van der Waals surface area contributed by atoms with E-state index in [0.717, 1.165) is 11.4 Å². The first kappa shape index (κ1) is 13.4. The predicted molar refractivity (Wildman–Crippen MR) is 90.7 cm³/mol. The normalized spacial score (nSPS) is 18.6. The lowest BCUT2D eigenvalue weighted by Gasteiger charge is -2.14. The molecule has 1 aliphatic carbocycles. The van der Waals surface area contributed by atoms with Gasteiger partial charge in [-0.1, -0.05) is 48.0 Å². The average molecular weight is 307 g/mol. The van der Waals surface area contributed by atoms with Crippen molar-refractivity contribution in [3.05, 3.63) is 89.0 Å². The zero-order valence-corrected chi connectivity index (χ0v) is 12.7. The van der Waals surface area contributed by atoms with Gasteiger partial charge in [0.1, 0.15) is 0 Å². The van der Waals surface area contributed by atoms with Crippen molar-refractivity contribution in [2.75, 3.05) is 0 Å². The first-order valence-electron chi connectivity index (χ1n) is 7.34. The third kappa shape index (κ3) is 2.36. The second-order valence-electron chi connectivity index (χ2n) is 5.54. The highest BCUT2D eigenvalue weighted by Gasteiger charge is 2.27. The maximum atomic E-state index is 5.99. The molecule has 3 heteroatoms. The zero-order valence-electron chi connectivity index (χ0n) is 12.0. The molecule has 1 heterocycles. The quantitative estimate of drug-likeness (QED) is 0.660. The van der Waals surface area contributed by atoms with Gasteiger partial charge in [0, 0.05) is 17.4 Å². The van der Waals surface area contributed by atoms with E-state index in [1.54, 1.807) is 0 Å². The molecule has 0 bridgehead atoms. The summed E-state index contributed by atoms with van der Waals surface area (Å²) in [5, 5.41) is 0.764. The van der Waals surface area contributed by atoms with Gasteiger partial charge in [0.05, 0.1) is 12.4 Å².